The van der Waals surface area contributed by atoms with E-state index >= 15 is 0 Å². The van der Waals surface area contributed by atoms with Gasteiger partial charge < -0.3 is 14.1 Å². The number of aryl methyl sites for hydroxylation is 1. The molecular weight excluding hydrogens is 328 g/mol. The molecule has 3 heterocycles. The van der Waals surface area contributed by atoms with Crippen LogP contribution in [0, 0.1) is 6.92 Å². The number of nitrogens with zero attached hydrogens (tertiary/aromatic N) is 3. The van der Waals surface area contributed by atoms with Crippen molar-refractivity contribution in [1.82, 2.24) is 19.7 Å². The van der Waals surface area contributed by atoms with E-state index in [-0.39, 0.29) is 12.3 Å². The fraction of sp³-hybridized carbons (Fsp3) is 0.150. The van der Waals surface area contributed by atoms with E-state index in [0.29, 0.717) is 18.1 Å². The Morgan fingerprint density at radius 1 is 1.12 bits per heavy atom. The SMILES string of the molecule is Cc1cccn2cc(CNC(=O)Cc3coc(-c4ccccc4)n3)nc12. The van der Waals surface area contributed by atoms with Gasteiger partial charge in [-0.2, -0.15) is 0 Å². The highest BCUT2D eigenvalue weighted by Crippen LogP contribution is 2.18. The van der Waals surface area contributed by atoms with Crippen LogP contribution < -0.4 is 5.32 Å². The van der Waals surface area contributed by atoms with Gasteiger partial charge in [-0.1, -0.05) is 24.3 Å². The summed E-state index contributed by atoms with van der Waals surface area (Å²) >= 11 is 0. The van der Waals surface area contributed by atoms with Gasteiger partial charge in [0, 0.05) is 18.0 Å². The number of oxazole rings is 1. The molecule has 0 saturated heterocycles. The third-order valence-electron chi connectivity index (χ3n) is 4.11. The van der Waals surface area contributed by atoms with Crippen molar-refractivity contribution in [3.05, 3.63) is 78.1 Å². The molecule has 6 nitrogen and oxygen atoms in total. The third-order valence-corrected chi connectivity index (χ3v) is 4.11. The number of benzene rings is 1. The lowest BCUT2D eigenvalue weighted by Gasteiger charge is -2.00. The van der Waals surface area contributed by atoms with Crippen LogP contribution in [0.1, 0.15) is 17.0 Å². The minimum Gasteiger partial charge on any atom is -0.444 e. The number of carbonyl (C=O) groups is 1. The average Bonchev–Trinajstić information content (AvgIpc) is 3.28. The average molecular weight is 346 g/mol. The summed E-state index contributed by atoms with van der Waals surface area (Å²) in [5, 5.41) is 2.88. The van der Waals surface area contributed by atoms with Gasteiger partial charge >= 0.3 is 0 Å². The molecule has 4 rings (SSSR count). The van der Waals surface area contributed by atoms with Gasteiger partial charge in [-0.25, -0.2) is 9.97 Å². The zero-order chi connectivity index (χ0) is 17.9. The number of carbonyl (C=O) groups excluding carboxylic acids is 1. The summed E-state index contributed by atoms with van der Waals surface area (Å²) in [7, 11) is 0. The number of amides is 1. The largest absolute Gasteiger partial charge is 0.444 e. The van der Waals surface area contributed by atoms with Crippen LogP contribution in [0.2, 0.25) is 0 Å². The van der Waals surface area contributed by atoms with E-state index in [1.165, 1.54) is 6.26 Å². The molecule has 0 radical (unpaired) electrons. The molecule has 0 unspecified atom stereocenters. The first-order valence-corrected chi connectivity index (χ1v) is 8.39. The minimum atomic E-state index is -0.119. The molecule has 6 heteroatoms. The predicted octanol–water partition coefficient (Wildman–Crippen LogP) is 3.16. The number of fused-ring (bicyclic) bond motifs is 1. The van der Waals surface area contributed by atoms with Gasteiger partial charge in [0.2, 0.25) is 11.8 Å². The van der Waals surface area contributed by atoms with Crippen molar-refractivity contribution in [3.8, 4) is 11.5 Å². The molecule has 4 aromatic rings. The zero-order valence-corrected chi connectivity index (χ0v) is 14.3. The topological polar surface area (TPSA) is 72.4 Å². The highest BCUT2D eigenvalue weighted by molar-refractivity contribution is 5.78. The molecule has 0 saturated carbocycles. The third kappa shape index (κ3) is 3.35. The second-order valence-electron chi connectivity index (χ2n) is 6.12. The molecule has 130 valence electrons. The van der Waals surface area contributed by atoms with Crippen molar-refractivity contribution in [2.45, 2.75) is 19.9 Å². The number of pyridine rings is 1. The van der Waals surface area contributed by atoms with Gasteiger partial charge in [-0.3, -0.25) is 4.79 Å². The molecule has 0 aliphatic rings. The fourth-order valence-corrected chi connectivity index (χ4v) is 2.81. The lowest BCUT2D eigenvalue weighted by molar-refractivity contribution is -0.120. The number of aromatic nitrogens is 3. The number of rotatable bonds is 5. The van der Waals surface area contributed by atoms with E-state index < -0.39 is 0 Å². The molecule has 3 aromatic heterocycles. The smallest absolute Gasteiger partial charge is 0.226 e. The van der Waals surface area contributed by atoms with E-state index in [9.17, 15) is 4.79 Å². The van der Waals surface area contributed by atoms with E-state index in [1.54, 1.807) is 0 Å². The van der Waals surface area contributed by atoms with Gasteiger partial charge in [-0.15, -0.1) is 0 Å². The first kappa shape index (κ1) is 16.1. The van der Waals surface area contributed by atoms with Crippen LogP contribution in [0.4, 0.5) is 0 Å². The first-order chi connectivity index (χ1) is 12.7. The normalized spacial score (nSPS) is 11.0. The van der Waals surface area contributed by atoms with Gasteiger partial charge in [0.05, 0.1) is 24.4 Å². The van der Waals surface area contributed by atoms with Crippen molar-refractivity contribution >= 4 is 11.6 Å². The van der Waals surface area contributed by atoms with E-state index in [1.807, 2.05) is 66.2 Å². The Balaban J connectivity index is 1.38. The molecule has 0 aliphatic heterocycles. The Hall–Kier alpha value is -3.41. The summed E-state index contributed by atoms with van der Waals surface area (Å²) in [5.74, 6) is 0.399. The van der Waals surface area contributed by atoms with Crippen molar-refractivity contribution in [2.75, 3.05) is 0 Å². The fourth-order valence-electron chi connectivity index (χ4n) is 2.81. The maximum absolute atomic E-state index is 12.2. The molecule has 1 amide bonds. The maximum Gasteiger partial charge on any atom is 0.226 e. The summed E-state index contributed by atoms with van der Waals surface area (Å²) in [4.78, 5) is 21.1. The number of imidazole rings is 1. The van der Waals surface area contributed by atoms with E-state index in [4.69, 9.17) is 4.42 Å². The quantitative estimate of drug-likeness (QED) is 0.602. The zero-order valence-electron chi connectivity index (χ0n) is 14.3. The Morgan fingerprint density at radius 2 is 1.96 bits per heavy atom. The summed E-state index contributed by atoms with van der Waals surface area (Å²) < 4.78 is 7.42. The molecular formula is C20H18N4O2. The second kappa shape index (κ2) is 6.84. The van der Waals surface area contributed by atoms with Crippen LogP contribution in [0.3, 0.4) is 0 Å². The number of nitrogens with one attached hydrogen (secondary N) is 1. The Bertz CT molecular complexity index is 1050. The van der Waals surface area contributed by atoms with Crippen molar-refractivity contribution in [2.24, 2.45) is 0 Å². The highest BCUT2D eigenvalue weighted by atomic mass is 16.3. The number of hydrogen-bond acceptors (Lipinski definition) is 4. The first-order valence-electron chi connectivity index (χ1n) is 8.39. The van der Waals surface area contributed by atoms with Crippen LogP contribution in [-0.4, -0.2) is 20.3 Å². The van der Waals surface area contributed by atoms with Gasteiger partial charge in [0.15, 0.2) is 0 Å². The van der Waals surface area contributed by atoms with E-state index in [0.717, 1.165) is 22.5 Å². The Labute approximate surface area is 150 Å². The standard InChI is InChI=1S/C20H18N4O2/c1-14-6-5-9-24-12-17(22-19(14)24)11-21-18(25)10-16-13-26-20(23-16)15-7-3-2-4-8-15/h2-9,12-13H,10-11H2,1H3,(H,21,25). The monoisotopic (exact) mass is 346 g/mol. The summed E-state index contributed by atoms with van der Waals surface area (Å²) in [6.07, 6.45) is 5.56. The maximum atomic E-state index is 12.2. The van der Waals surface area contributed by atoms with Crippen LogP contribution >= 0.6 is 0 Å². The predicted molar refractivity (Wildman–Crippen MR) is 97.4 cm³/mol. The van der Waals surface area contributed by atoms with Gasteiger partial charge in [0.1, 0.15) is 11.9 Å². The van der Waals surface area contributed by atoms with Crippen LogP contribution in [0.5, 0.6) is 0 Å². The molecule has 0 atom stereocenters. The summed E-state index contributed by atoms with van der Waals surface area (Å²) in [6, 6.07) is 13.6. The molecule has 0 spiro atoms. The Morgan fingerprint density at radius 3 is 2.77 bits per heavy atom. The highest BCUT2D eigenvalue weighted by Gasteiger charge is 2.11. The van der Waals surface area contributed by atoms with Crippen LogP contribution in [-0.2, 0) is 17.8 Å². The lowest BCUT2D eigenvalue weighted by Crippen LogP contribution is -2.24. The van der Waals surface area contributed by atoms with Gasteiger partial charge in [0.25, 0.3) is 0 Å². The molecule has 26 heavy (non-hydrogen) atoms. The second-order valence-corrected chi connectivity index (χ2v) is 6.12. The number of hydrogen-bond donors (Lipinski definition) is 1. The van der Waals surface area contributed by atoms with E-state index in [2.05, 4.69) is 15.3 Å². The van der Waals surface area contributed by atoms with Crippen molar-refractivity contribution in [3.63, 3.8) is 0 Å². The molecule has 0 fully saturated rings. The summed E-state index contributed by atoms with van der Waals surface area (Å²) in [6.45, 7) is 2.39. The van der Waals surface area contributed by atoms with Crippen molar-refractivity contribution < 1.29 is 9.21 Å². The minimum absolute atomic E-state index is 0.119. The van der Waals surface area contributed by atoms with Crippen molar-refractivity contribution in [1.29, 1.82) is 0 Å². The van der Waals surface area contributed by atoms with Crippen LogP contribution in [0.25, 0.3) is 17.1 Å². The Kier molecular flexibility index (Phi) is 4.23. The lowest BCUT2D eigenvalue weighted by atomic mass is 10.2. The molecule has 1 aromatic carbocycles. The summed E-state index contributed by atoms with van der Waals surface area (Å²) in [5.41, 5.74) is 4.31. The molecule has 1 N–H and O–H groups in total. The van der Waals surface area contributed by atoms with Crippen LogP contribution in [0.15, 0.2) is 65.5 Å². The molecule has 0 bridgehead atoms. The molecule has 0 aliphatic carbocycles. The van der Waals surface area contributed by atoms with Gasteiger partial charge in [-0.05, 0) is 30.7 Å².